The lowest BCUT2D eigenvalue weighted by molar-refractivity contribution is 0.394. The third-order valence-corrected chi connectivity index (χ3v) is 4.71. The Morgan fingerprint density at radius 2 is 1.84 bits per heavy atom. The molecule has 0 radical (unpaired) electrons. The van der Waals surface area contributed by atoms with E-state index >= 15 is 0 Å². The smallest absolute Gasteiger partial charge is 0.0249 e. The predicted octanol–water partition coefficient (Wildman–Crippen LogP) is 3.54. The van der Waals surface area contributed by atoms with Crippen LogP contribution in [0.3, 0.4) is 0 Å². The van der Waals surface area contributed by atoms with E-state index in [1.165, 1.54) is 29.5 Å². The first-order chi connectivity index (χ1) is 9.33. The van der Waals surface area contributed by atoms with Crippen LogP contribution in [0, 0.1) is 6.92 Å². The number of aryl methyl sites for hydroxylation is 2. The SMILES string of the molecule is Cc1ccc2c(c1)CN[C@H]1CCc3ccccc3[C@@H]21. The molecule has 0 unspecified atom stereocenters. The van der Waals surface area contributed by atoms with Crippen molar-refractivity contribution < 1.29 is 0 Å². The fourth-order valence-corrected chi connectivity index (χ4v) is 3.80. The zero-order chi connectivity index (χ0) is 12.8. The van der Waals surface area contributed by atoms with Gasteiger partial charge in [-0.3, -0.25) is 0 Å². The minimum atomic E-state index is 0.550. The molecule has 96 valence electrons. The van der Waals surface area contributed by atoms with Crippen molar-refractivity contribution in [1.82, 2.24) is 5.32 Å². The van der Waals surface area contributed by atoms with Crippen molar-refractivity contribution in [2.24, 2.45) is 0 Å². The van der Waals surface area contributed by atoms with E-state index in [-0.39, 0.29) is 0 Å². The Bertz CT molecular complexity index is 629. The van der Waals surface area contributed by atoms with Crippen LogP contribution < -0.4 is 5.32 Å². The number of hydrogen-bond donors (Lipinski definition) is 1. The molecule has 2 aromatic rings. The van der Waals surface area contributed by atoms with Gasteiger partial charge in [-0.15, -0.1) is 0 Å². The summed E-state index contributed by atoms with van der Waals surface area (Å²) in [6.45, 7) is 3.21. The maximum Gasteiger partial charge on any atom is 0.0249 e. The van der Waals surface area contributed by atoms with Crippen molar-refractivity contribution in [3.05, 3.63) is 70.3 Å². The summed E-state index contributed by atoms with van der Waals surface area (Å²) < 4.78 is 0. The molecule has 1 nitrogen and oxygen atoms in total. The Labute approximate surface area is 114 Å². The minimum Gasteiger partial charge on any atom is -0.309 e. The van der Waals surface area contributed by atoms with Crippen LogP contribution in [-0.4, -0.2) is 6.04 Å². The molecule has 4 rings (SSSR count). The Hall–Kier alpha value is -1.60. The molecule has 0 fully saturated rings. The van der Waals surface area contributed by atoms with Gasteiger partial charge in [0.15, 0.2) is 0 Å². The Kier molecular flexibility index (Phi) is 2.49. The molecule has 1 heterocycles. The standard InChI is InChI=1S/C18H19N/c1-12-6-8-16-14(10-12)11-19-17-9-7-13-4-2-3-5-15(13)18(16)17/h2-6,8,10,17-19H,7,9,11H2,1H3/t17-,18-/m0/s1. The Morgan fingerprint density at radius 1 is 1.00 bits per heavy atom. The van der Waals surface area contributed by atoms with E-state index in [0.29, 0.717) is 12.0 Å². The lowest BCUT2D eigenvalue weighted by Gasteiger charge is -2.39. The van der Waals surface area contributed by atoms with E-state index in [4.69, 9.17) is 0 Å². The van der Waals surface area contributed by atoms with Gasteiger partial charge in [-0.2, -0.15) is 0 Å². The molecule has 1 aliphatic heterocycles. The maximum atomic E-state index is 3.75. The molecule has 0 saturated heterocycles. The summed E-state index contributed by atoms with van der Waals surface area (Å²) in [5.41, 5.74) is 7.47. The van der Waals surface area contributed by atoms with Gasteiger partial charge in [-0.25, -0.2) is 0 Å². The topological polar surface area (TPSA) is 12.0 Å². The molecule has 1 aliphatic carbocycles. The molecule has 0 saturated carbocycles. The fourth-order valence-electron chi connectivity index (χ4n) is 3.80. The lowest BCUT2D eigenvalue weighted by atomic mass is 9.72. The quantitative estimate of drug-likeness (QED) is 0.753. The van der Waals surface area contributed by atoms with Crippen LogP contribution in [0.4, 0.5) is 0 Å². The van der Waals surface area contributed by atoms with E-state index in [2.05, 4.69) is 54.7 Å². The summed E-state index contributed by atoms with van der Waals surface area (Å²) in [7, 11) is 0. The fraction of sp³-hybridized carbons (Fsp3) is 0.333. The molecule has 0 bridgehead atoms. The van der Waals surface area contributed by atoms with E-state index in [1.54, 1.807) is 11.1 Å². The van der Waals surface area contributed by atoms with Gasteiger partial charge in [-0.05, 0) is 42.0 Å². The molecular weight excluding hydrogens is 230 g/mol. The number of nitrogens with one attached hydrogen (secondary N) is 1. The molecule has 0 amide bonds. The zero-order valence-electron chi connectivity index (χ0n) is 11.3. The van der Waals surface area contributed by atoms with Crippen LogP contribution in [0.1, 0.15) is 40.2 Å². The molecule has 2 aromatic carbocycles. The van der Waals surface area contributed by atoms with Gasteiger partial charge in [0, 0.05) is 18.5 Å². The van der Waals surface area contributed by atoms with E-state index < -0.39 is 0 Å². The highest BCUT2D eigenvalue weighted by molar-refractivity contribution is 5.47. The highest BCUT2D eigenvalue weighted by atomic mass is 14.9. The number of hydrogen-bond acceptors (Lipinski definition) is 1. The summed E-state index contributed by atoms with van der Waals surface area (Å²) >= 11 is 0. The largest absolute Gasteiger partial charge is 0.309 e. The van der Waals surface area contributed by atoms with Gasteiger partial charge in [0.1, 0.15) is 0 Å². The molecule has 19 heavy (non-hydrogen) atoms. The highest BCUT2D eigenvalue weighted by Gasteiger charge is 2.34. The van der Waals surface area contributed by atoms with Gasteiger partial charge in [0.05, 0.1) is 0 Å². The summed E-state index contributed by atoms with van der Waals surface area (Å²) in [6, 6.07) is 16.6. The first-order valence-electron chi connectivity index (χ1n) is 7.23. The van der Waals surface area contributed by atoms with E-state index in [0.717, 1.165) is 6.54 Å². The molecule has 1 N–H and O–H groups in total. The maximum absolute atomic E-state index is 3.75. The average molecular weight is 249 g/mol. The summed E-state index contributed by atoms with van der Waals surface area (Å²) in [5, 5.41) is 3.75. The van der Waals surface area contributed by atoms with Crippen LogP contribution in [0.15, 0.2) is 42.5 Å². The third kappa shape index (κ3) is 1.73. The van der Waals surface area contributed by atoms with Gasteiger partial charge in [0.25, 0.3) is 0 Å². The van der Waals surface area contributed by atoms with Crippen molar-refractivity contribution >= 4 is 0 Å². The highest BCUT2D eigenvalue weighted by Crippen LogP contribution is 2.40. The molecule has 0 aromatic heterocycles. The summed E-state index contributed by atoms with van der Waals surface area (Å²) in [5.74, 6) is 0.550. The van der Waals surface area contributed by atoms with Gasteiger partial charge in [-0.1, -0.05) is 48.0 Å². The Morgan fingerprint density at radius 3 is 2.79 bits per heavy atom. The van der Waals surface area contributed by atoms with Crippen LogP contribution >= 0.6 is 0 Å². The third-order valence-electron chi connectivity index (χ3n) is 4.71. The van der Waals surface area contributed by atoms with Crippen LogP contribution in [-0.2, 0) is 13.0 Å². The molecule has 2 aliphatic rings. The van der Waals surface area contributed by atoms with Crippen molar-refractivity contribution in [2.75, 3.05) is 0 Å². The predicted molar refractivity (Wildman–Crippen MR) is 78.4 cm³/mol. The number of benzene rings is 2. The van der Waals surface area contributed by atoms with Crippen LogP contribution in [0.25, 0.3) is 0 Å². The van der Waals surface area contributed by atoms with Gasteiger partial charge in [0.2, 0.25) is 0 Å². The summed E-state index contributed by atoms with van der Waals surface area (Å²) in [6.07, 6.45) is 2.47. The average Bonchev–Trinajstić information content (AvgIpc) is 2.46. The van der Waals surface area contributed by atoms with Crippen molar-refractivity contribution in [3.63, 3.8) is 0 Å². The normalized spacial score (nSPS) is 24.3. The number of fused-ring (bicyclic) bond motifs is 5. The van der Waals surface area contributed by atoms with Crippen molar-refractivity contribution in [1.29, 1.82) is 0 Å². The van der Waals surface area contributed by atoms with E-state index in [9.17, 15) is 0 Å². The lowest BCUT2D eigenvalue weighted by Crippen LogP contribution is -2.42. The second kappa shape index (κ2) is 4.21. The van der Waals surface area contributed by atoms with Crippen LogP contribution in [0.2, 0.25) is 0 Å². The second-order valence-electron chi connectivity index (χ2n) is 5.90. The first kappa shape index (κ1) is 11.2. The van der Waals surface area contributed by atoms with E-state index in [1.807, 2.05) is 0 Å². The molecule has 0 spiro atoms. The number of rotatable bonds is 0. The second-order valence-corrected chi connectivity index (χ2v) is 5.90. The monoisotopic (exact) mass is 249 g/mol. The first-order valence-corrected chi connectivity index (χ1v) is 7.23. The minimum absolute atomic E-state index is 0.550. The van der Waals surface area contributed by atoms with Gasteiger partial charge >= 0.3 is 0 Å². The zero-order valence-corrected chi connectivity index (χ0v) is 11.3. The molecule has 1 heteroatoms. The Balaban J connectivity index is 1.90. The van der Waals surface area contributed by atoms with Crippen LogP contribution in [0.5, 0.6) is 0 Å². The van der Waals surface area contributed by atoms with Gasteiger partial charge < -0.3 is 5.32 Å². The molecule has 2 atom stereocenters. The molecular formula is C18H19N. The summed E-state index contributed by atoms with van der Waals surface area (Å²) in [4.78, 5) is 0. The van der Waals surface area contributed by atoms with Crippen molar-refractivity contribution in [3.8, 4) is 0 Å². The van der Waals surface area contributed by atoms with Crippen molar-refractivity contribution in [2.45, 2.75) is 38.3 Å².